The maximum absolute atomic E-state index is 5.38. The fourth-order valence-electron chi connectivity index (χ4n) is 1.71. The second-order valence-corrected chi connectivity index (χ2v) is 5.62. The summed E-state index contributed by atoms with van der Waals surface area (Å²) in [7, 11) is 0. The molecule has 0 nitrogen and oxygen atoms in total. The normalized spacial score (nSPS) is 12.7. The van der Waals surface area contributed by atoms with Gasteiger partial charge in [0.15, 0.2) is 0 Å². The molecular weight excluding hydrogens is 200 g/mol. The van der Waals surface area contributed by atoms with Gasteiger partial charge in [-0.05, 0) is 30.9 Å². The first-order valence-electron chi connectivity index (χ1n) is 5.69. The lowest BCUT2D eigenvalue weighted by molar-refractivity contribution is 0.654. The molecule has 82 valence electrons. The van der Waals surface area contributed by atoms with Gasteiger partial charge in [0, 0.05) is 22.1 Å². The van der Waals surface area contributed by atoms with Gasteiger partial charge in [-0.25, -0.2) is 0 Å². The van der Waals surface area contributed by atoms with Crippen molar-refractivity contribution in [3.05, 3.63) is 21.9 Å². The molecule has 0 aliphatic heterocycles. The van der Waals surface area contributed by atoms with Crippen LogP contribution in [0.25, 0.3) is 0 Å². The van der Waals surface area contributed by atoms with Gasteiger partial charge in [-0.3, -0.25) is 0 Å². The van der Waals surface area contributed by atoms with E-state index in [9.17, 15) is 0 Å². The van der Waals surface area contributed by atoms with Crippen molar-refractivity contribution in [1.82, 2.24) is 0 Å². The third kappa shape index (κ3) is 3.72. The monoisotopic (exact) mass is 220 g/mol. The number of thiophene rings is 1. The first-order valence-corrected chi connectivity index (χ1v) is 6.51. The molecular formula is C14H20S. The van der Waals surface area contributed by atoms with Gasteiger partial charge < -0.3 is 0 Å². The molecule has 1 heterocycles. The van der Waals surface area contributed by atoms with Crippen LogP contribution in [0.15, 0.2) is 12.1 Å². The minimum atomic E-state index is 0.570. The summed E-state index contributed by atoms with van der Waals surface area (Å²) < 4.78 is 0. The van der Waals surface area contributed by atoms with Crippen LogP contribution in [-0.2, 0) is 6.42 Å². The Hall–Kier alpha value is -0.740. The third-order valence-corrected chi connectivity index (χ3v) is 3.82. The van der Waals surface area contributed by atoms with Gasteiger partial charge in [0.05, 0.1) is 0 Å². The number of hydrogen-bond donors (Lipinski definition) is 0. The van der Waals surface area contributed by atoms with Crippen LogP contribution in [0.2, 0.25) is 0 Å². The van der Waals surface area contributed by atoms with Gasteiger partial charge in [-0.15, -0.1) is 23.7 Å². The summed E-state index contributed by atoms with van der Waals surface area (Å²) in [5.74, 6) is 4.08. The Morgan fingerprint density at radius 3 is 2.67 bits per heavy atom. The first kappa shape index (κ1) is 12.3. The van der Waals surface area contributed by atoms with E-state index in [2.05, 4.69) is 38.8 Å². The van der Waals surface area contributed by atoms with E-state index in [4.69, 9.17) is 6.42 Å². The molecule has 1 heteroatoms. The summed E-state index contributed by atoms with van der Waals surface area (Å²) in [6.07, 6.45) is 8.59. The first-order chi connectivity index (χ1) is 7.17. The Kier molecular flexibility index (Phi) is 4.91. The Balaban J connectivity index is 2.69. The van der Waals surface area contributed by atoms with E-state index < -0.39 is 0 Å². The molecule has 0 saturated heterocycles. The van der Waals surface area contributed by atoms with Crippen molar-refractivity contribution < 1.29 is 0 Å². The van der Waals surface area contributed by atoms with E-state index in [0.717, 1.165) is 18.8 Å². The molecule has 1 rings (SSSR count). The predicted octanol–water partition coefficient (Wildman–Crippen LogP) is 4.46. The molecule has 0 aromatic carbocycles. The zero-order valence-electron chi connectivity index (χ0n) is 9.92. The molecule has 0 fully saturated rings. The highest BCUT2D eigenvalue weighted by Gasteiger charge is 2.11. The molecule has 0 radical (unpaired) electrons. The van der Waals surface area contributed by atoms with Gasteiger partial charge in [0.1, 0.15) is 0 Å². The van der Waals surface area contributed by atoms with Crippen molar-refractivity contribution in [3.8, 4) is 12.3 Å². The van der Waals surface area contributed by atoms with Crippen molar-refractivity contribution in [3.63, 3.8) is 0 Å². The van der Waals surface area contributed by atoms with Crippen LogP contribution in [0.3, 0.4) is 0 Å². The minimum absolute atomic E-state index is 0.570. The molecule has 0 aliphatic carbocycles. The lowest BCUT2D eigenvalue weighted by Gasteiger charge is -2.08. The number of terminal acetylenes is 1. The van der Waals surface area contributed by atoms with E-state index in [1.807, 2.05) is 11.3 Å². The van der Waals surface area contributed by atoms with Crippen LogP contribution in [0, 0.1) is 18.3 Å². The SMILES string of the molecule is C#CCC(CC)c1ccc(CC(C)C)s1. The molecule has 0 aliphatic rings. The molecule has 1 unspecified atom stereocenters. The Labute approximate surface area is 97.7 Å². The van der Waals surface area contributed by atoms with Crippen LogP contribution in [0.1, 0.15) is 49.3 Å². The third-order valence-electron chi connectivity index (χ3n) is 2.55. The summed E-state index contributed by atoms with van der Waals surface area (Å²) in [5, 5.41) is 0. The number of hydrogen-bond acceptors (Lipinski definition) is 1. The van der Waals surface area contributed by atoms with Gasteiger partial charge in [-0.1, -0.05) is 20.8 Å². The average Bonchev–Trinajstić information content (AvgIpc) is 2.61. The van der Waals surface area contributed by atoms with Crippen molar-refractivity contribution in [1.29, 1.82) is 0 Å². The Bertz CT molecular complexity index is 327. The largest absolute Gasteiger partial charge is 0.145 e. The van der Waals surface area contributed by atoms with E-state index >= 15 is 0 Å². The highest BCUT2D eigenvalue weighted by Crippen LogP contribution is 2.30. The Morgan fingerprint density at radius 1 is 1.40 bits per heavy atom. The Morgan fingerprint density at radius 2 is 2.13 bits per heavy atom. The van der Waals surface area contributed by atoms with Gasteiger partial charge in [0.2, 0.25) is 0 Å². The maximum atomic E-state index is 5.38. The molecule has 1 aromatic heterocycles. The molecule has 0 saturated carbocycles. The highest BCUT2D eigenvalue weighted by atomic mass is 32.1. The fraction of sp³-hybridized carbons (Fsp3) is 0.571. The van der Waals surface area contributed by atoms with Gasteiger partial charge >= 0.3 is 0 Å². The molecule has 0 amide bonds. The molecule has 1 atom stereocenters. The van der Waals surface area contributed by atoms with Gasteiger partial charge in [-0.2, -0.15) is 0 Å². The number of rotatable bonds is 5. The quantitative estimate of drug-likeness (QED) is 0.643. The van der Waals surface area contributed by atoms with E-state index in [1.165, 1.54) is 16.2 Å². The van der Waals surface area contributed by atoms with Crippen LogP contribution in [0.4, 0.5) is 0 Å². The molecule has 15 heavy (non-hydrogen) atoms. The summed E-state index contributed by atoms with van der Waals surface area (Å²) in [4.78, 5) is 2.96. The fourth-order valence-corrected chi connectivity index (χ4v) is 3.12. The average molecular weight is 220 g/mol. The van der Waals surface area contributed by atoms with Crippen molar-refractivity contribution >= 4 is 11.3 Å². The molecule has 0 N–H and O–H groups in total. The van der Waals surface area contributed by atoms with Crippen LogP contribution >= 0.6 is 11.3 Å². The zero-order valence-corrected chi connectivity index (χ0v) is 10.7. The summed E-state index contributed by atoms with van der Waals surface area (Å²) >= 11 is 1.94. The van der Waals surface area contributed by atoms with E-state index in [-0.39, 0.29) is 0 Å². The summed E-state index contributed by atoms with van der Waals surface area (Å²) in [6.45, 7) is 6.74. The standard InChI is InChI=1S/C14H20S/c1-5-7-12(6-2)14-9-8-13(15-14)10-11(3)4/h1,8-9,11-12H,6-7,10H2,2-4H3. The van der Waals surface area contributed by atoms with Gasteiger partial charge in [0.25, 0.3) is 0 Å². The smallest absolute Gasteiger partial charge is 0.0163 e. The topological polar surface area (TPSA) is 0 Å². The lowest BCUT2D eigenvalue weighted by Crippen LogP contribution is -1.92. The predicted molar refractivity (Wildman–Crippen MR) is 69.3 cm³/mol. The second kappa shape index (κ2) is 5.98. The van der Waals surface area contributed by atoms with Crippen LogP contribution < -0.4 is 0 Å². The lowest BCUT2D eigenvalue weighted by atomic mass is 10.0. The molecule has 0 spiro atoms. The van der Waals surface area contributed by atoms with Crippen LogP contribution in [-0.4, -0.2) is 0 Å². The molecule has 1 aromatic rings. The van der Waals surface area contributed by atoms with Crippen molar-refractivity contribution in [2.45, 2.75) is 46.0 Å². The minimum Gasteiger partial charge on any atom is -0.145 e. The van der Waals surface area contributed by atoms with E-state index in [1.54, 1.807) is 0 Å². The van der Waals surface area contributed by atoms with E-state index in [0.29, 0.717) is 5.92 Å². The van der Waals surface area contributed by atoms with Crippen molar-refractivity contribution in [2.24, 2.45) is 5.92 Å². The summed E-state index contributed by atoms with van der Waals surface area (Å²) in [6, 6.07) is 4.52. The summed E-state index contributed by atoms with van der Waals surface area (Å²) in [5.41, 5.74) is 0. The maximum Gasteiger partial charge on any atom is 0.0163 e. The zero-order chi connectivity index (χ0) is 11.3. The van der Waals surface area contributed by atoms with Crippen molar-refractivity contribution in [2.75, 3.05) is 0 Å². The second-order valence-electron chi connectivity index (χ2n) is 4.42. The molecule has 0 bridgehead atoms. The highest BCUT2D eigenvalue weighted by molar-refractivity contribution is 7.12. The van der Waals surface area contributed by atoms with Crippen LogP contribution in [0.5, 0.6) is 0 Å².